The second-order valence-electron chi connectivity index (χ2n) is 6.98. The van der Waals surface area contributed by atoms with Crippen LogP contribution in [0.2, 0.25) is 0 Å². The third-order valence-corrected chi connectivity index (χ3v) is 5.25. The number of aromatic hydroxyl groups is 1. The summed E-state index contributed by atoms with van der Waals surface area (Å²) in [5, 5.41) is 20.2. The zero-order valence-corrected chi connectivity index (χ0v) is 17.5. The molecule has 0 aliphatic carbocycles. The van der Waals surface area contributed by atoms with Crippen molar-refractivity contribution >= 4 is 0 Å². The monoisotopic (exact) mass is 424 g/mol. The standard InChI is InChI=1S/C24H24O7/c1-27-18-8-4-6-15-16-7-5-9-19(28-2)24(16)31-22(21(13-25)30-23(15)18)14-10-11-17(26)20(12-14)29-3/h4-12,21-22,25-26H,13H2,1-3H3/t21-,22-/m0/s1. The molecule has 4 rings (SSSR count). The van der Waals surface area contributed by atoms with Crippen LogP contribution in [-0.2, 0) is 0 Å². The average molecular weight is 424 g/mol. The third kappa shape index (κ3) is 3.68. The second kappa shape index (κ2) is 8.65. The highest BCUT2D eigenvalue weighted by molar-refractivity contribution is 5.81. The molecular weight excluding hydrogens is 400 g/mol. The summed E-state index contributed by atoms with van der Waals surface area (Å²) >= 11 is 0. The smallest absolute Gasteiger partial charge is 0.170 e. The van der Waals surface area contributed by atoms with E-state index in [-0.39, 0.29) is 18.1 Å². The van der Waals surface area contributed by atoms with E-state index in [1.807, 2.05) is 30.3 Å². The fraction of sp³-hybridized carbons (Fsp3) is 0.250. The molecule has 0 saturated carbocycles. The molecule has 162 valence electrons. The number of hydrogen-bond donors (Lipinski definition) is 2. The van der Waals surface area contributed by atoms with Gasteiger partial charge in [0.15, 0.2) is 46.7 Å². The van der Waals surface area contributed by atoms with Gasteiger partial charge >= 0.3 is 0 Å². The number of hydrogen-bond acceptors (Lipinski definition) is 7. The first-order valence-corrected chi connectivity index (χ1v) is 9.76. The van der Waals surface area contributed by atoms with Gasteiger partial charge in [-0.1, -0.05) is 30.3 Å². The van der Waals surface area contributed by atoms with Crippen LogP contribution in [0.3, 0.4) is 0 Å². The number of phenols is 1. The van der Waals surface area contributed by atoms with E-state index in [0.29, 0.717) is 28.6 Å². The van der Waals surface area contributed by atoms with E-state index >= 15 is 0 Å². The molecule has 0 spiro atoms. The van der Waals surface area contributed by atoms with Crippen LogP contribution in [-0.4, -0.2) is 44.3 Å². The fourth-order valence-electron chi connectivity index (χ4n) is 3.72. The fourth-order valence-corrected chi connectivity index (χ4v) is 3.72. The van der Waals surface area contributed by atoms with Crippen molar-refractivity contribution in [2.75, 3.05) is 27.9 Å². The molecule has 2 N–H and O–H groups in total. The van der Waals surface area contributed by atoms with E-state index < -0.39 is 12.2 Å². The summed E-state index contributed by atoms with van der Waals surface area (Å²) in [6, 6.07) is 16.0. The molecule has 1 aliphatic rings. The Morgan fingerprint density at radius 1 is 0.774 bits per heavy atom. The van der Waals surface area contributed by atoms with Gasteiger partial charge < -0.3 is 33.9 Å². The summed E-state index contributed by atoms with van der Waals surface area (Å²) in [4.78, 5) is 0. The van der Waals surface area contributed by atoms with Gasteiger partial charge in [-0.25, -0.2) is 0 Å². The second-order valence-corrected chi connectivity index (χ2v) is 6.98. The maximum Gasteiger partial charge on any atom is 0.170 e. The summed E-state index contributed by atoms with van der Waals surface area (Å²) in [6.07, 6.45) is -1.50. The van der Waals surface area contributed by atoms with Gasteiger partial charge in [0.2, 0.25) is 0 Å². The number of phenolic OH excluding ortho intramolecular Hbond substituents is 1. The number of para-hydroxylation sites is 2. The van der Waals surface area contributed by atoms with Crippen molar-refractivity contribution in [3.05, 3.63) is 60.2 Å². The Labute approximate surface area is 180 Å². The highest BCUT2D eigenvalue weighted by Crippen LogP contribution is 2.49. The number of methoxy groups -OCH3 is 3. The molecular formula is C24H24O7. The summed E-state index contributed by atoms with van der Waals surface area (Å²) in [5.74, 6) is 2.38. The minimum atomic E-state index is -0.776. The Balaban J connectivity index is 1.95. The molecule has 0 radical (unpaired) electrons. The highest BCUT2D eigenvalue weighted by atomic mass is 16.6. The van der Waals surface area contributed by atoms with Crippen molar-refractivity contribution in [1.82, 2.24) is 0 Å². The van der Waals surface area contributed by atoms with Gasteiger partial charge in [-0.2, -0.15) is 0 Å². The van der Waals surface area contributed by atoms with Crippen LogP contribution in [0.5, 0.6) is 34.5 Å². The predicted molar refractivity (Wildman–Crippen MR) is 115 cm³/mol. The first kappa shape index (κ1) is 20.7. The summed E-state index contributed by atoms with van der Waals surface area (Å²) in [5.41, 5.74) is 2.18. The number of benzene rings is 3. The number of rotatable bonds is 5. The van der Waals surface area contributed by atoms with Crippen LogP contribution in [0.1, 0.15) is 11.7 Å². The average Bonchev–Trinajstić information content (AvgIpc) is 2.80. The van der Waals surface area contributed by atoms with Gasteiger partial charge in [-0.3, -0.25) is 0 Å². The quantitative estimate of drug-likeness (QED) is 0.641. The lowest BCUT2D eigenvalue weighted by atomic mass is 9.98. The van der Waals surface area contributed by atoms with E-state index in [1.54, 1.807) is 32.4 Å². The summed E-state index contributed by atoms with van der Waals surface area (Å²) < 4.78 is 29.1. The number of ether oxygens (including phenoxy) is 5. The summed E-state index contributed by atoms with van der Waals surface area (Å²) in [7, 11) is 4.61. The molecule has 0 aromatic heterocycles. The van der Waals surface area contributed by atoms with Crippen molar-refractivity contribution < 1.29 is 33.9 Å². The Morgan fingerprint density at radius 2 is 1.35 bits per heavy atom. The van der Waals surface area contributed by atoms with E-state index in [4.69, 9.17) is 23.7 Å². The lowest BCUT2D eigenvalue weighted by Crippen LogP contribution is -2.34. The SMILES string of the molecule is COc1cc([C@@H]2Oc3c(OC)cccc3-c3cccc(OC)c3O[C@H]2CO)ccc1O. The van der Waals surface area contributed by atoms with Gasteiger partial charge in [-0.15, -0.1) is 0 Å². The topological polar surface area (TPSA) is 86.6 Å². The van der Waals surface area contributed by atoms with Crippen molar-refractivity contribution in [3.63, 3.8) is 0 Å². The Kier molecular flexibility index (Phi) is 5.77. The number of fused-ring (bicyclic) bond motifs is 3. The molecule has 31 heavy (non-hydrogen) atoms. The predicted octanol–water partition coefficient (Wildman–Crippen LogP) is 3.96. The van der Waals surface area contributed by atoms with Crippen LogP contribution in [0.25, 0.3) is 11.1 Å². The van der Waals surface area contributed by atoms with Crippen molar-refractivity contribution in [2.24, 2.45) is 0 Å². The van der Waals surface area contributed by atoms with E-state index in [1.165, 1.54) is 13.2 Å². The lowest BCUT2D eigenvalue weighted by Gasteiger charge is -2.33. The largest absolute Gasteiger partial charge is 0.504 e. The summed E-state index contributed by atoms with van der Waals surface area (Å²) in [6.45, 7) is -0.324. The first-order chi connectivity index (χ1) is 15.1. The molecule has 7 heteroatoms. The molecule has 0 unspecified atom stereocenters. The maximum absolute atomic E-state index is 10.2. The first-order valence-electron chi connectivity index (χ1n) is 9.76. The van der Waals surface area contributed by atoms with Crippen LogP contribution < -0.4 is 23.7 Å². The number of aliphatic hydroxyl groups excluding tert-OH is 1. The third-order valence-electron chi connectivity index (χ3n) is 5.25. The van der Waals surface area contributed by atoms with Crippen LogP contribution in [0, 0.1) is 0 Å². The Bertz CT molecular complexity index is 1080. The number of aliphatic hydroxyl groups is 1. The molecule has 0 bridgehead atoms. The molecule has 3 aromatic carbocycles. The normalized spacial score (nSPS) is 17.2. The molecule has 0 saturated heterocycles. The molecule has 1 heterocycles. The minimum absolute atomic E-state index is 0.00329. The van der Waals surface area contributed by atoms with E-state index in [9.17, 15) is 10.2 Å². The van der Waals surface area contributed by atoms with Crippen molar-refractivity contribution in [1.29, 1.82) is 0 Å². The van der Waals surface area contributed by atoms with Crippen molar-refractivity contribution in [3.8, 4) is 45.6 Å². The van der Waals surface area contributed by atoms with Gasteiger partial charge in [-0.05, 0) is 24.3 Å². The van der Waals surface area contributed by atoms with Gasteiger partial charge in [0.05, 0.1) is 27.9 Å². The molecule has 7 nitrogen and oxygen atoms in total. The van der Waals surface area contributed by atoms with Gasteiger partial charge in [0.25, 0.3) is 0 Å². The van der Waals surface area contributed by atoms with Crippen molar-refractivity contribution in [2.45, 2.75) is 12.2 Å². The van der Waals surface area contributed by atoms with Gasteiger partial charge in [0, 0.05) is 16.7 Å². The van der Waals surface area contributed by atoms with E-state index in [0.717, 1.165) is 11.1 Å². The van der Waals surface area contributed by atoms with Crippen LogP contribution in [0.15, 0.2) is 54.6 Å². The van der Waals surface area contributed by atoms with Crippen LogP contribution >= 0.6 is 0 Å². The molecule has 0 fully saturated rings. The van der Waals surface area contributed by atoms with E-state index in [2.05, 4.69) is 0 Å². The molecule has 1 aliphatic heterocycles. The Hall–Kier alpha value is -3.58. The molecule has 2 atom stereocenters. The van der Waals surface area contributed by atoms with Gasteiger partial charge in [0.1, 0.15) is 0 Å². The highest BCUT2D eigenvalue weighted by Gasteiger charge is 2.34. The Morgan fingerprint density at radius 3 is 1.90 bits per heavy atom. The minimum Gasteiger partial charge on any atom is -0.504 e. The van der Waals surface area contributed by atoms with Crippen LogP contribution in [0.4, 0.5) is 0 Å². The maximum atomic E-state index is 10.2. The zero-order chi connectivity index (χ0) is 22.0. The zero-order valence-electron chi connectivity index (χ0n) is 17.5. The lowest BCUT2D eigenvalue weighted by molar-refractivity contribution is 0.0108. The molecule has 0 amide bonds. The molecule has 3 aromatic rings.